The second-order valence-corrected chi connectivity index (χ2v) is 6.24. The lowest BCUT2D eigenvalue weighted by atomic mass is 9.95. The number of ketones is 1. The summed E-state index contributed by atoms with van der Waals surface area (Å²) in [6.07, 6.45) is 0. The molecule has 5 nitrogen and oxygen atoms in total. The number of nitrogens with one attached hydrogen (secondary N) is 1. The highest BCUT2D eigenvalue weighted by Gasteiger charge is 2.17. The molecular weight excluding hydrogens is 318 g/mol. The molecule has 1 amide bonds. The zero-order chi connectivity index (χ0) is 18.6. The van der Waals surface area contributed by atoms with Gasteiger partial charge >= 0.3 is 0 Å². The lowest BCUT2D eigenvalue weighted by Crippen LogP contribution is -2.19. The number of carbonyl (C=O) groups excluding carboxylic acids is 2. The highest BCUT2D eigenvalue weighted by molar-refractivity contribution is 5.98. The number of anilines is 1. The highest BCUT2D eigenvalue weighted by atomic mass is 16.5. The molecule has 0 aliphatic heterocycles. The summed E-state index contributed by atoms with van der Waals surface area (Å²) in [6.45, 7) is 5.52. The van der Waals surface area contributed by atoms with Crippen LogP contribution in [-0.4, -0.2) is 23.9 Å². The highest BCUT2D eigenvalue weighted by Crippen LogP contribution is 2.29. The number of aromatic hydroxyl groups is 1. The number of benzene rings is 2. The predicted molar refractivity (Wildman–Crippen MR) is 97.3 cm³/mol. The van der Waals surface area contributed by atoms with Crippen molar-refractivity contribution in [3.05, 3.63) is 53.6 Å². The van der Waals surface area contributed by atoms with Gasteiger partial charge in [0.15, 0.2) is 17.3 Å². The first-order chi connectivity index (χ1) is 11.8. The van der Waals surface area contributed by atoms with Gasteiger partial charge in [0.25, 0.3) is 0 Å². The van der Waals surface area contributed by atoms with Crippen LogP contribution in [0.25, 0.3) is 0 Å². The summed E-state index contributed by atoms with van der Waals surface area (Å²) in [7, 11) is 1.45. The summed E-state index contributed by atoms with van der Waals surface area (Å²) in [5.74, 6) is -0.240. The van der Waals surface area contributed by atoms with Crippen molar-refractivity contribution < 1.29 is 19.4 Å². The summed E-state index contributed by atoms with van der Waals surface area (Å²) in [5, 5.41) is 12.4. The van der Waals surface area contributed by atoms with Crippen molar-refractivity contribution in [2.75, 3.05) is 12.4 Å². The molecular formula is C20H23NO4. The fourth-order valence-electron chi connectivity index (χ4n) is 2.43. The largest absolute Gasteiger partial charge is 0.504 e. The van der Waals surface area contributed by atoms with Crippen LogP contribution in [0.3, 0.4) is 0 Å². The van der Waals surface area contributed by atoms with Gasteiger partial charge < -0.3 is 15.2 Å². The van der Waals surface area contributed by atoms with Gasteiger partial charge in [0.1, 0.15) is 0 Å². The molecule has 0 saturated carbocycles. The average Bonchev–Trinajstić information content (AvgIpc) is 2.62. The molecule has 0 aliphatic rings. The first kappa shape index (κ1) is 18.5. The van der Waals surface area contributed by atoms with E-state index in [0.717, 1.165) is 5.56 Å². The van der Waals surface area contributed by atoms with Gasteiger partial charge in [-0.1, -0.05) is 38.1 Å². The maximum atomic E-state index is 12.4. The lowest BCUT2D eigenvalue weighted by molar-refractivity contribution is -0.117. The zero-order valence-corrected chi connectivity index (χ0v) is 14.9. The van der Waals surface area contributed by atoms with Crippen LogP contribution in [-0.2, 0) is 4.79 Å². The van der Waals surface area contributed by atoms with Crippen LogP contribution in [0.1, 0.15) is 42.6 Å². The molecule has 25 heavy (non-hydrogen) atoms. The Hall–Kier alpha value is -2.82. The molecule has 2 N–H and O–H groups in total. The zero-order valence-electron chi connectivity index (χ0n) is 14.9. The number of phenols is 1. The monoisotopic (exact) mass is 341 g/mol. The molecule has 0 unspecified atom stereocenters. The molecule has 0 radical (unpaired) electrons. The molecule has 2 aromatic rings. The predicted octanol–water partition coefficient (Wildman–Crippen LogP) is 3.98. The van der Waals surface area contributed by atoms with E-state index in [4.69, 9.17) is 4.74 Å². The maximum Gasteiger partial charge on any atom is 0.231 e. The van der Waals surface area contributed by atoms with E-state index in [1.807, 2.05) is 13.8 Å². The lowest BCUT2D eigenvalue weighted by Gasteiger charge is -2.14. The van der Waals surface area contributed by atoms with Gasteiger partial charge in [0, 0.05) is 23.2 Å². The summed E-state index contributed by atoms with van der Waals surface area (Å²) in [5.41, 5.74) is 2.01. The number of methoxy groups -OCH3 is 1. The number of amides is 1. The smallest absolute Gasteiger partial charge is 0.231 e. The third-order valence-electron chi connectivity index (χ3n) is 4.06. The van der Waals surface area contributed by atoms with Crippen LogP contribution in [0.2, 0.25) is 0 Å². The Kier molecular flexibility index (Phi) is 5.80. The van der Waals surface area contributed by atoms with Crippen molar-refractivity contribution in [2.45, 2.75) is 26.7 Å². The molecule has 0 fully saturated rings. The van der Waals surface area contributed by atoms with Crippen LogP contribution in [0.4, 0.5) is 5.69 Å². The molecule has 0 spiro atoms. The third-order valence-corrected chi connectivity index (χ3v) is 4.06. The van der Waals surface area contributed by atoms with Crippen molar-refractivity contribution in [3.63, 3.8) is 0 Å². The molecule has 0 bridgehead atoms. The Labute approximate surface area is 147 Å². The minimum absolute atomic E-state index is 0.0129. The van der Waals surface area contributed by atoms with E-state index in [2.05, 4.69) is 5.32 Å². The first-order valence-electron chi connectivity index (χ1n) is 8.15. The van der Waals surface area contributed by atoms with Gasteiger partial charge in [-0.3, -0.25) is 9.59 Å². The molecule has 2 aromatic carbocycles. The molecule has 0 aliphatic carbocycles. The Balaban J connectivity index is 2.10. The maximum absolute atomic E-state index is 12.4. The molecule has 132 valence electrons. The summed E-state index contributed by atoms with van der Waals surface area (Å²) in [4.78, 5) is 24.4. The molecule has 5 heteroatoms. The number of phenolic OH excluding ortho intramolecular Hbond substituents is 1. The van der Waals surface area contributed by atoms with Gasteiger partial charge in [-0.2, -0.15) is 0 Å². The van der Waals surface area contributed by atoms with Crippen LogP contribution >= 0.6 is 0 Å². The summed E-state index contributed by atoms with van der Waals surface area (Å²) < 4.78 is 5.03. The quantitative estimate of drug-likeness (QED) is 0.615. The minimum atomic E-state index is -0.386. The Morgan fingerprint density at radius 2 is 1.68 bits per heavy atom. The number of Topliss-reactive ketones (excluding diaryl/α,β-unsaturated/α-hetero) is 1. The van der Waals surface area contributed by atoms with Gasteiger partial charge in [-0.05, 0) is 24.6 Å². The Morgan fingerprint density at radius 1 is 1.04 bits per heavy atom. The van der Waals surface area contributed by atoms with Gasteiger partial charge in [-0.25, -0.2) is 0 Å². The minimum Gasteiger partial charge on any atom is -0.504 e. The second-order valence-electron chi connectivity index (χ2n) is 6.24. The average molecular weight is 341 g/mol. The van der Waals surface area contributed by atoms with E-state index in [9.17, 15) is 14.7 Å². The first-order valence-corrected chi connectivity index (χ1v) is 8.15. The van der Waals surface area contributed by atoms with E-state index in [1.165, 1.54) is 13.2 Å². The molecule has 0 saturated heterocycles. The standard InChI is InChI=1S/C20H23NO4/c1-12(2)19(23)15-7-5-14(6-8-15)13(3)20(24)21-16-9-10-17(22)18(11-16)25-4/h5-13,22H,1-4H3,(H,21,24)/t13-/m0/s1. The Morgan fingerprint density at radius 3 is 2.24 bits per heavy atom. The van der Waals surface area contributed by atoms with Crippen LogP contribution in [0.15, 0.2) is 42.5 Å². The number of rotatable bonds is 6. The summed E-state index contributed by atoms with van der Waals surface area (Å²) in [6, 6.07) is 11.7. The van der Waals surface area contributed by atoms with Crippen molar-refractivity contribution in [3.8, 4) is 11.5 Å². The summed E-state index contributed by atoms with van der Waals surface area (Å²) >= 11 is 0. The van der Waals surface area contributed by atoms with E-state index in [1.54, 1.807) is 43.3 Å². The topological polar surface area (TPSA) is 75.6 Å². The van der Waals surface area contributed by atoms with Gasteiger partial charge in [0.05, 0.1) is 13.0 Å². The van der Waals surface area contributed by atoms with Crippen molar-refractivity contribution in [1.82, 2.24) is 0 Å². The molecule has 0 aromatic heterocycles. The van der Waals surface area contributed by atoms with E-state index in [0.29, 0.717) is 17.0 Å². The Bertz CT molecular complexity index is 766. The van der Waals surface area contributed by atoms with Crippen LogP contribution in [0, 0.1) is 5.92 Å². The van der Waals surface area contributed by atoms with E-state index < -0.39 is 0 Å². The van der Waals surface area contributed by atoms with E-state index >= 15 is 0 Å². The van der Waals surface area contributed by atoms with Gasteiger partial charge in [0.2, 0.25) is 5.91 Å². The van der Waals surface area contributed by atoms with Crippen molar-refractivity contribution in [2.24, 2.45) is 5.92 Å². The normalized spacial score (nSPS) is 11.9. The molecule has 1 atom stereocenters. The molecule has 2 rings (SSSR count). The fraction of sp³-hybridized carbons (Fsp3) is 0.300. The number of hydrogen-bond acceptors (Lipinski definition) is 4. The van der Waals surface area contributed by atoms with Crippen molar-refractivity contribution >= 4 is 17.4 Å². The fourth-order valence-corrected chi connectivity index (χ4v) is 2.43. The number of ether oxygens (including phenoxy) is 1. The number of hydrogen-bond donors (Lipinski definition) is 2. The van der Waals surface area contributed by atoms with Gasteiger partial charge in [-0.15, -0.1) is 0 Å². The van der Waals surface area contributed by atoms with Crippen LogP contribution < -0.4 is 10.1 Å². The number of carbonyl (C=O) groups is 2. The molecule has 0 heterocycles. The van der Waals surface area contributed by atoms with Crippen molar-refractivity contribution in [1.29, 1.82) is 0 Å². The SMILES string of the molecule is COc1cc(NC(=O)[C@@H](C)c2ccc(C(=O)C(C)C)cc2)ccc1O. The van der Waals surface area contributed by atoms with E-state index in [-0.39, 0.29) is 29.3 Å². The third kappa shape index (κ3) is 4.38. The van der Waals surface area contributed by atoms with Crippen LogP contribution in [0.5, 0.6) is 11.5 Å². The second kappa shape index (κ2) is 7.83.